The van der Waals surface area contributed by atoms with Crippen LogP contribution in [0.4, 0.5) is 29.7 Å². The lowest BCUT2D eigenvalue weighted by Crippen LogP contribution is -2.10. The van der Waals surface area contributed by atoms with E-state index in [9.17, 15) is 18.0 Å². The summed E-state index contributed by atoms with van der Waals surface area (Å²) in [5.74, 6) is 0. The van der Waals surface area contributed by atoms with Crippen molar-refractivity contribution in [2.24, 2.45) is 0 Å². The molecular formula is C28H34F3N3OS. The highest BCUT2D eigenvalue weighted by molar-refractivity contribution is 7.14. The van der Waals surface area contributed by atoms with Gasteiger partial charge in [0, 0.05) is 22.3 Å². The maximum absolute atomic E-state index is 13.8. The molecule has 0 spiro atoms. The van der Waals surface area contributed by atoms with E-state index in [1.165, 1.54) is 36.7 Å². The van der Waals surface area contributed by atoms with Gasteiger partial charge in [-0.3, -0.25) is 4.79 Å². The molecule has 3 aromatic rings. The molecule has 0 saturated carbocycles. The molecule has 2 aromatic carbocycles. The number of hydrogen-bond donors (Lipinski definition) is 2. The highest BCUT2D eigenvalue weighted by atomic mass is 32.1. The summed E-state index contributed by atoms with van der Waals surface area (Å²) in [6.45, 7) is 4.17. The number of carbonyl (C=O) groups is 1. The molecule has 1 aromatic heterocycles. The van der Waals surface area contributed by atoms with Crippen LogP contribution in [-0.2, 0) is 23.8 Å². The smallest absolute Gasteiger partial charge is 0.332 e. The third kappa shape index (κ3) is 7.82. The molecule has 0 aliphatic carbocycles. The average Bonchev–Trinajstić information content (AvgIpc) is 3.32. The highest BCUT2D eigenvalue weighted by Crippen LogP contribution is 2.36. The summed E-state index contributed by atoms with van der Waals surface area (Å²) in [5.41, 5.74) is 3.47. The standard InChI is InChI=1S/C28H34F3N3OS/c1-3-5-6-7-8-9-10-11-21-12-14-23(17-24(21)28(29,30)31)33-27-34-26(18-36-27)22-13-15-25(32-19-35)20(4-2)16-22/h12-19H,3-11H2,1-2H3,(H,32,35)(H,33,34). The second-order valence-corrected chi connectivity index (χ2v) is 9.75. The van der Waals surface area contributed by atoms with E-state index in [0.29, 0.717) is 29.2 Å². The van der Waals surface area contributed by atoms with Gasteiger partial charge in [0.2, 0.25) is 6.41 Å². The number of rotatable bonds is 14. The second-order valence-electron chi connectivity index (χ2n) is 8.89. The minimum absolute atomic E-state index is 0.345. The van der Waals surface area contributed by atoms with Gasteiger partial charge >= 0.3 is 6.18 Å². The van der Waals surface area contributed by atoms with E-state index in [-0.39, 0.29) is 0 Å². The highest BCUT2D eigenvalue weighted by Gasteiger charge is 2.33. The van der Waals surface area contributed by atoms with Crippen LogP contribution < -0.4 is 10.6 Å². The predicted octanol–water partition coefficient (Wildman–Crippen LogP) is 9.00. The molecular weight excluding hydrogens is 483 g/mol. The largest absolute Gasteiger partial charge is 0.416 e. The van der Waals surface area contributed by atoms with Crippen LogP contribution in [0.5, 0.6) is 0 Å². The SMILES string of the molecule is CCCCCCCCCc1ccc(Nc2nc(-c3ccc(NC=O)c(CC)c3)cs2)cc1C(F)(F)F. The van der Waals surface area contributed by atoms with Crippen molar-refractivity contribution in [2.75, 3.05) is 10.6 Å². The Bertz CT molecular complexity index is 1130. The number of aryl methyl sites for hydroxylation is 2. The molecule has 0 aliphatic heterocycles. The van der Waals surface area contributed by atoms with Crippen molar-refractivity contribution in [3.63, 3.8) is 0 Å². The van der Waals surface area contributed by atoms with Crippen molar-refractivity contribution < 1.29 is 18.0 Å². The van der Waals surface area contributed by atoms with Gasteiger partial charge in [0.15, 0.2) is 5.13 Å². The van der Waals surface area contributed by atoms with Crippen molar-refractivity contribution in [2.45, 2.75) is 77.8 Å². The Labute approximate surface area is 215 Å². The quantitative estimate of drug-likeness (QED) is 0.166. The Morgan fingerprint density at radius 3 is 2.39 bits per heavy atom. The number of nitrogens with zero attached hydrogens (tertiary/aromatic N) is 1. The fraction of sp³-hybridized carbons (Fsp3) is 0.429. The molecule has 0 saturated heterocycles. The summed E-state index contributed by atoms with van der Waals surface area (Å²) >= 11 is 1.33. The van der Waals surface area contributed by atoms with Crippen molar-refractivity contribution in [1.29, 1.82) is 0 Å². The number of benzene rings is 2. The summed E-state index contributed by atoms with van der Waals surface area (Å²) in [4.78, 5) is 15.4. The van der Waals surface area contributed by atoms with Gasteiger partial charge < -0.3 is 10.6 Å². The first-order valence-corrected chi connectivity index (χ1v) is 13.5. The van der Waals surface area contributed by atoms with E-state index in [1.54, 1.807) is 12.1 Å². The number of alkyl halides is 3. The van der Waals surface area contributed by atoms with E-state index in [0.717, 1.165) is 54.6 Å². The van der Waals surface area contributed by atoms with Gasteiger partial charge in [-0.2, -0.15) is 13.2 Å². The summed E-state index contributed by atoms with van der Waals surface area (Å²) in [5, 5.41) is 8.11. The van der Waals surface area contributed by atoms with Gasteiger partial charge in [-0.05, 0) is 54.7 Å². The van der Waals surface area contributed by atoms with Crippen molar-refractivity contribution in [1.82, 2.24) is 4.98 Å². The van der Waals surface area contributed by atoms with Crippen molar-refractivity contribution in [3.05, 3.63) is 58.5 Å². The molecule has 0 fully saturated rings. The third-order valence-electron chi connectivity index (χ3n) is 6.22. The lowest BCUT2D eigenvalue weighted by Gasteiger charge is -2.15. The number of nitrogens with one attached hydrogen (secondary N) is 2. The van der Waals surface area contributed by atoms with Gasteiger partial charge in [-0.1, -0.05) is 64.5 Å². The van der Waals surface area contributed by atoms with Crippen LogP contribution in [0.2, 0.25) is 0 Å². The van der Waals surface area contributed by atoms with Crippen LogP contribution in [0, 0.1) is 0 Å². The van der Waals surface area contributed by atoms with Crippen LogP contribution in [0.1, 0.15) is 75.5 Å². The van der Waals surface area contributed by atoms with Crippen molar-refractivity contribution in [3.8, 4) is 11.3 Å². The molecule has 2 N–H and O–H groups in total. The number of aromatic nitrogens is 1. The Hall–Kier alpha value is -2.87. The number of carbonyl (C=O) groups excluding carboxylic acids is 1. The molecule has 0 bridgehead atoms. The Morgan fingerprint density at radius 2 is 1.69 bits per heavy atom. The molecule has 36 heavy (non-hydrogen) atoms. The molecule has 0 unspecified atom stereocenters. The Morgan fingerprint density at radius 1 is 0.944 bits per heavy atom. The first-order valence-electron chi connectivity index (χ1n) is 12.6. The number of amides is 1. The van der Waals surface area contributed by atoms with Gasteiger partial charge in [0.1, 0.15) is 0 Å². The minimum atomic E-state index is -4.41. The van der Waals surface area contributed by atoms with Gasteiger partial charge in [0.25, 0.3) is 0 Å². The lowest BCUT2D eigenvalue weighted by molar-refractivity contribution is -0.138. The number of thiazole rings is 1. The fourth-order valence-corrected chi connectivity index (χ4v) is 4.99. The van der Waals surface area contributed by atoms with Crippen molar-refractivity contribution >= 4 is 34.3 Å². The van der Waals surface area contributed by atoms with Gasteiger partial charge in [-0.15, -0.1) is 11.3 Å². The minimum Gasteiger partial charge on any atom is -0.332 e. The van der Waals surface area contributed by atoms with Crippen LogP contribution >= 0.6 is 11.3 Å². The van der Waals surface area contributed by atoms with Crippen LogP contribution in [-0.4, -0.2) is 11.4 Å². The van der Waals surface area contributed by atoms with E-state index < -0.39 is 11.7 Å². The van der Waals surface area contributed by atoms with Crippen LogP contribution in [0.25, 0.3) is 11.3 Å². The monoisotopic (exact) mass is 517 g/mol. The number of unbranched alkanes of at least 4 members (excludes halogenated alkanes) is 6. The van der Waals surface area contributed by atoms with E-state index >= 15 is 0 Å². The zero-order chi connectivity index (χ0) is 26.0. The predicted molar refractivity (Wildman–Crippen MR) is 143 cm³/mol. The Kier molecular flexibility index (Phi) is 10.3. The topological polar surface area (TPSA) is 54.0 Å². The molecule has 194 valence electrons. The molecule has 1 amide bonds. The third-order valence-corrected chi connectivity index (χ3v) is 6.97. The molecule has 1 heterocycles. The van der Waals surface area contributed by atoms with Crippen LogP contribution in [0.3, 0.4) is 0 Å². The Balaban J connectivity index is 1.68. The van der Waals surface area contributed by atoms with E-state index in [2.05, 4.69) is 22.5 Å². The maximum Gasteiger partial charge on any atom is 0.416 e. The van der Waals surface area contributed by atoms with E-state index in [1.807, 2.05) is 30.5 Å². The maximum atomic E-state index is 13.8. The molecule has 3 rings (SSSR count). The summed E-state index contributed by atoms with van der Waals surface area (Å²) in [6, 6.07) is 10.1. The van der Waals surface area contributed by atoms with Gasteiger partial charge in [-0.25, -0.2) is 4.98 Å². The molecule has 4 nitrogen and oxygen atoms in total. The van der Waals surface area contributed by atoms with Crippen LogP contribution in [0.15, 0.2) is 41.8 Å². The molecule has 0 radical (unpaired) electrons. The summed E-state index contributed by atoms with van der Waals surface area (Å²) in [6.07, 6.45) is 4.96. The number of halogens is 3. The molecule has 8 heteroatoms. The lowest BCUT2D eigenvalue weighted by atomic mass is 9.99. The summed E-state index contributed by atoms with van der Waals surface area (Å²) in [7, 11) is 0. The van der Waals surface area contributed by atoms with Gasteiger partial charge in [0.05, 0.1) is 11.3 Å². The van der Waals surface area contributed by atoms with E-state index in [4.69, 9.17) is 0 Å². The second kappa shape index (κ2) is 13.4. The zero-order valence-corrected chi connectivity index (χ0v) is 21.7. The zero-order valence-electron chi connectivity index (χ0n) is 20.9. The fourth-order valence-electron chi connectivity index (χ4n) is 4.25. The molecule has 0 aliphatic rings. The first kappa shape index (κ1) is 27.7. The molecule has 0 atom stereocenters. The number of hydrogen-bond acceptors (Lipinski definition) is 4. The normalized spacial score (nSPS) is 11.5. The average molecular weight is 518 g/mol. The summed E-state index contributed by atoms with van der Waals surface area (Å²) < 4.78 is 41.4. The number of anilines is 3. The first-order chi connectivity index (χ1) is 17.4.